The van der Waals surface area contributed by atoms with E-state index in [1.165, 1.54) is 17.8 Å². The molecule has 3 aromatic rings. The van der Waals surface area contributed by atoms with Crippen LogP contribution in [0.3, 0.4) is 0 Å². The van der Waals surface area contributed by atoms with Crippen LogP contribution in [-0.2, 0) is 21.8 Å². The summed E-state index contributed by atoms with van der Waals surface area (Å²) in [4.78, 5) is 27.5. The van der Waals surface area contributed by atoms with Gasteiger partial charge in [0.05, 0.1) is 28.1 Å². The lowest BCUT2D eigenvalue weighted by Crippen LogP contribution is -2.05. The number of imidazole rings is 1. The van der Waals surface area contributed by atoms with Crippen molar-refractivity contribution >= 4 is 34.5 Å². The van der Waals surface area contributed by atoms with Crippen molar-refractivity contribution in [3.63, 3.8) is 0 Å². The smallest absolute Gasteiger partial charge is 0.338 e. The van der Waals surface area contributed by atoms with Crippen LogP contribution in [0.1, 0.15) is 36.2 Å². The number of hydrogen-bond donors (Lipinski definition) is 0. The summed E-state index contributed by atoms with van der Waals surface area (Å²) >= 11 is 1.51. The first kappa shape index (κ1) is 22.8. The molecule has 0 bridgehead atoms. The number of benzene rings is 2. The Morgan fingerprint density at radius 1 is 1.19 bits per heavy atom. The van der Waals surface area contributed by atoms with Gasteiger partial charge in [-0.1, -0.05) is 23.9 Å². The highest BCUT2D eigenvalue weighted by Gasteiger charge is 2.15. The minimum absolute atomic E-state index is 0.0717. The number of hydrogen-bond acceptors (Lipinski definition) is 7. The van der Waals surface area contributed by atoms with Crippen LogP contribution in [0.25, 0.3) is 11.0 Å². The minimum Gasteiger partial charge on any atom is -0.462 e. The number of non-ortho nitro benzene ring substituents is 1. The number of nitro benzene ring substituents is 1. The second-order valence-corrected chi connectivity index (χ2v) is 7.68. The van der Waals surface area contributed by atoms with Crippen LogP contribution in [0.15, 0.2) is 47.6 Å². The Bertz CT molecular complexity index is 1070. The molecule has 0 amide bonds. The van der Waals surface area contributed by atoms with Gasteiger partial charge in [0, 0.05) is 37.6 Å². The molecule has 0 aliphatic carbocycles. The van der Waals surface area contributed by atoms with Gasteiger partial charge < -0.3 is 14.0 Å². The van der Waals surface area contributed by atoms with Gasteiger partial charge in [0.15, 0.2) is 5.16 Å². The van der Waals surface area contributed by atoms with Crippen molar-refractivity contribution in [3.8, 4) is 0 Å². The van der Waals surface area contributed by atoms with Crippen LogP contribution >= 0.6 is 11.8 Å². The fourth-order valence-corrected chi connectivity index (χ4v) is 4.14. The quantitative estimate of drug-likeness (QED) is 0.137. The first-order valence-corrected chi connectivity index (χ1v) is 11.1. The predicted octanol–water partition coefficient (Wildman–Crippen LogP) is 4.84. The second-order valence-electron chi connectivity index (χ2n) is 6.74. The van der Waals surface area contributed by atoms with E-state index in [4.69, 9.17) is 14.5 Å². The number of nitrogens with zero attached hydrogens (tertiary/aromatic N) is 3. The lowest BCUT2D eigenvalue weighted by Gasteiger charge is -2.09. The van der Waals surface area contributed by atoms with E-state index in [9.17, 15) is 14.9 Å². The summed E-state index contributed by atoms with van der Waals surface area (Å²) in [5, 5.41) is 11.8. The van der Waals surface area contributed by atoms with Crippen molar-refractivity contribution in [2.45, 2.75) is 37.7 Å². The Balaban J connectivity index is 1.86. The number of rotatable bonds is 11. The molecular formula is C22H25N3O5S. The van der Waals surface area contributed by atoms with Gasteiger partial charge in [-0.2, -0.15) is 0 Å². The molecule has 3 rings (SSSR count). The summed E-state index contributed by atoms with van der Waals surface area (Å²) in [6.07, 6.45) is 0.823. The van der Waals surface area contributed by atoms with Crippen LogP contribution in [-0.4, -0.2) is 40.3 Å². The zero-order chi connectivity index (χ0) is 22.2. The Morgan fingerprint density at radius 2 is 2.03 bits per heavy atom. The lowest BCUT2D eigenvalue weighted by atomic mass is 10.2. The molecule has 0 aliphatic rings. The maximum absolute atomic E-state index is 12.1. The number of ether oxygens (including phenoxy) is 2. The summed E-state index contributed by atoms with van der Waals surface area (Å²) in [6.45, 7) is 6.07. The fourth-order valence-electron chi connectivity index (χ4n) is 3.15. The molecule has 2 aromatic carbocycles. The zero-order valence-corrected chi connectivity index (χ0v) is 18.4. The SMILES string of the molecule is CCOCCCn1c(SCc2cccc([N+](=O)[O-])c2)nc2cc(C(=O)OCC)ccc21. The van der Waals surface area contributed by atoms with Gasteiger partial charge in [0.25, 0.3) is 5.69 Å². The number of fused-ring (bicyclic) bond motifs is 1. The summed E-state index contributed by atoms with van der Waals surface area (Å²) < 4.78 is 12.7. The molecule has 0 atom stereocenters. The third-order valence-corrected chi connectivity index (χ3v) is 5.64. The van der Waals surface area contributed by atoms with Crippen molar-refractivity contribution < 1.29 is 19.2 Å². The standard InChI is InChI=1S/C22H25N3O5S/c1-3-29-12-6-11-24-20-10-9-17(21(26)30-4-2)14-19(20)23-22(24)31-15-16-7-5-8-18(13-16)25(27)28/h5,7-10,13-14H,3-4,6,11-12,15H2,1-2H3. The Kier molecular flexibility index (Phi) is 8.02. The number of thioether (sulfide) groups is 1. The summed E-state index contributed by atoms with van der Waals surface area (Å²) in [7, 11) is 0. The topological polar surface area (TPSA) is 96.5 Å². The second kappa shape index (κ2) is 10.9. The van der Waals surface area contributed by atoms with Crippen LogP contribution < -0.4 is 0 Å². The molecule has 0 N–H and O–H groups in total. The van der Waals surface area contributed by atoms with Gasteiger partial charge in [0.2, 0.25) is 0 Å². The maximum Gasteiger partial charge on any atom is 0.338 e. The molecule has 31 heavy (non-hydrogen) atoms. The van der Waals surface area contributed by atoms with Gasteiger partial charge in [-0.05, 0) is 44.0 Å². The molecule has 1 heterocycles. The van der Waals surface area contributed by atoms with Gasteiger partial charge in [0.1, 0.15) is 0 Å². The highest BCUT2D eigenvalue weighted by atomic mass is 32.2. The first-order chi connectivity index (χ1) is 15.0. The highest BCUT2D eigenvalue weighted by molar-refractivity contribution is 7.98. The number of nitro groups is 1. The minimum atomic E-state index is -0.395. The van der Waals surface area contributed by atoms with E-state index >= 15 is 0 Å². The van der Waals surface area contributed by atoms with Crippen LogP contribution in [0.2, 0.25) is 0 Å². The van der Waals surface area contributed by atoms with Crippen molar-refractivity contribution in [3.05, 3.63) is 63.7 Å². The van der Waals surface area contributed by atoms with Gasteiger partial charge >= 0.3 is 5.97 Å². The van der Waals surface area contributed by atoms with E-state index in [0.29, 0.717) is 43.2 Å². The van der Waals surface area contributed by atoms with E-state index in [1.54, 1.807) is 31.2 Å². The molecule has 0 unspecified atom stereocenters. The molecule has 0 fully saturated rings. The van der Waals surface area contributed by atoms with Gasteiger partial charge in [-0.25, -0.2) is 9.78 Å². The molecule has 8 nitrogen and oxygen atoms in total. The number of aryl methyl sites for hydroxylation is 1. The molecule has 0 radical (unpaired) electrons. The third kappa shape index (κ3) is 5.83. The molecular weight excluding hydrogens is 418 g/mol. The van der Waals surface area contributed by atoms with Crippen molar-refractivity contribution in [1.29, 1.82) is 0 Å². The Morgan fingerprint density at radius 3 is 2.77 bits per heavy atom. The summed E-state index contributed by atoms with van der Waals surface area (Å²) in [5.41, 5.74) is 3.01. The lowest BCUT2D eigenvalue weighted by molar-refractivity contribution is -0.384. The number of aromatic nitrogens is 2. The van der Waals surface area contributed by atoms with Crippen molar-refractivity contribution in [2.75, 3.05) is 19.8 Å². The molecule has 1 aromatic heterocycles. The maximum atomic E-state index is 12.1. The van der Waals surface area contributed by atoms with E-state index in [-0.39, 0.29) is 11.7 Å². The Hall–Kier alpha value is -2.91. The first-order valence-electron chi connectivity index (χ1n) is 10.1. The number of carbonyl (C=O) groups excluding carboxylic acids is 1. The molecule has 0 spiro atoms. The van der Waals surface area contributed by atoms with Gasteiger partial charge in [-0.3, -0.25) is 10.1 Å². The predicted molar refractivity (Wildman–Crippen MR) is 119 cm³/mol. The van der Waals surface area contributed by atoms with Gasteiger partial charge in [-0.15, -0.1) is 0 Å². The zero-order valence-electron chi connectivity index (χ0n) is 17.6. The molecule has 0 saturated carbocycles. The Labute approximate surface area is 184 Å². The van der Waals surface area contributed by atoms with Crippen LogP contribution in [0, 0.1) is 10.1 Å². The van der Waals surface area contributed by atoms with Crippen LogP contribution in [0.4, 0.5) is 5.69 Å². The average molecular weight is 444 g/mol. The van der Waals surface area contributed by atoms with E-state index < -0.39 is 4.92 Å². The molecule has 0 aliphatic heterocycles. The summed E-state index contributed by atoms with van der Waals surface area (Å²) in [6, 6.07) is 12.0. The third-order valence-electron chi connectivity index (χ3n) is 4.59. The summed E-state index contributed by atoms with van der Waals surface area (Å²) in [5.74, 6) is 0.169. The fraction of sp³-hybridized carbons (Fsp3) is 0.364. The number of esters is 1. The van der Waals surface area contributed by atoms with E-state index in [1.807, 2.05) is 19.1 Å². The molecule has 164 valence electrons. The average Bonchev–Trinajstić information content (AvgIpc) is 3.12. The molecule has 0 saturated heterocycles. The normalized spacial score (nSPS) is 11.0. The molecule has 9 heteroatoms. The number of carbonyl (C=O) groups is 1. The van der Waals surface area contributed by atoms with E-state index in [2.05, 4.69) is 4.57 Å². The van der Waals surface area contributed by atoms with Crippen LogP contribution in [0.5, 0.6) is 0 Å². The monoisotopic (exact) mass is 443 g/mol. The van der Waals surface area contributed by atoms with Crippen molar-refractivity contribution in [2.24, 2.45) is 0 Å². The van der Waals surface area contributed by atoms with E-state index in [0.717, 1.165) is 22.7 Å². The largest absolute Gasteiger partial charge is 0.462 e. The van der Waals surface area contributed by atoms with Crippen molar-refractivity contribution in [1.82, 2.24) is 9.55 Å². The highest BCUT2D eigenvalue weighted by Crippen LogP contribution is 2.29.